The average molecular weight is 219 g/mol. The summed E-state index contributed by atoms with van der Waals surface area (Å²) < 4.78 is 5.43. The monoisotopic (exact) mass is 219 g/mol. The highest BCUT2D eigenvalue weighted by molar-refractivity contribution is 5.33. The fourth-order valence-corrected chi connectivity index (χ4v) is 2.54. The molecule has 0 aromatic heterocycles. The molecule has 1 aromatic carbocycles. The van der Waals surface area contributed by atoms with Crippen molar-refractivity contribution in [3.63, 3.8) is 0 Å². The van der Waals surface area contributed by atoms with Crippen molar-refractivity contribution in [2.45, 2.75) is 38.6 Å². The van der Waals surface area contributed by atoms with Crippen molar-refractivity contribution in [1.82, 2.24) is 0 Å². The Balaban J connectivity index is 2.05. The molecule has 2 nitrogen and oxygen atoms in total. The molecule has 0 unspecified atom stereocenters. The zero-order valence-corrected chi connectivity index (χ0v) is 10.2. The van der Waals surface area contributed by atoms with E-state index in [0.29, 0.717) is 6.61 Å². The Bertz CT molecular complexity index is 338. The van der Waals surface area contributed by atoms with Gasteiger partial charge in [0.05, 0.1) is 6.61 Å². The van der Waals surface area contributed by atoms with Crippen LogP contribution in [0, 0.1) is 5.92 Å². The third kappa shape index (κ3) is 2.07. The molecule has 16 heavy (non-hydrogen) atoms. The van der Waals surface area contributed by atoms with Crippen LogP contribution in [0.2, 0.25) is 0 Å². The molecule has 0 spiro atoms. The molecule has 1 aliphatic carbocycles. The summed E-state index contributed by atoms with van der Waals surface area (Å²) in [5.41, 5.74) is 7.55. The maximum Gasteiger partial charge on any atom is 0.119 e. The van der Waals surface area contributed by atoms with Gasteiger partial charge in [-0.1, -0.05) is 25.5 Å². The molecule has 2 rings (SSSR count). The van der Waals surface area contributed by atoms with Crippen molar-refractivity contribution in [2.24, 2.45) is 11.7 Å². The maximum absolute atomic E-state index is 6.37. The second-order valence-electron chi connectivity index (χ2n) is 4.80. The van der Waals surface area contributed by atoms with E-state index in [2.05, 4.69) is 19.1 Å². The number of hydrogen-bond donors (Lipinski definition) is 1. The van der Waals surface area contributed by atoms with Crippen LogP contribution < -0.4 is 10.5 Å². The van der Waals surface area contributed by atoms with Gasteiger partial charge in [-0.2, -0.15) is 0 Å². The van der Waals surface area contributed by atoms with E-state index in [1.807, 2.05) is 19.1 Å². The molecule has 1 saturated carbocycles. The van der Waals surface area contributed by atoms with Crippen LogP contribution >= 0.6 is 0 Å². The SMILES string of the molecule is CCOc1ccc(C2(N)CC(CC)C2)cc1. The lowest BCUT2D eigenvalue weighted by molar-refractivity contribution is 0.143. The third-order valence-electron chi connectivity index (χ3n) is 3.62. The van der Waals surface area contributed by atoms with Crippen molar-refractivity contribution in [3.05, 3.63) is 29.8 Å². The molecule has 2 N–H and O–H groups in total. The highest BCUT2D eigenvalue weighted by Crippen LogP contribution is 2.45. The first-order chi connectivity index (χ1) is 7.68. The lowest BCUT2D eigenvalue weighted by Gasteiger charge is -2.45. The van der Waals surface area contributed by atoms with Gasteiger partial charge in [-0.3, -0.25) is 0 Å². The van der Waals surface area contributed by atoms with Crippen molar-refractivity contribution >= 4 is 0 Å². The molecule has 0 amide bonds. The van der Waals surface area contributed by atoms with Gasteiger partial charge in [-0.15, -0.1) is 0 Å². The van der Waals surface area contributed by atoms with Crippen LogP contribution in [0.1, 0.15) is 38.7 Å². The molecule has 0 radical (unpaired) electrons. The molecular formula is C14H21NO. The van der Waals surface area contributed by atoms with E-state index in [4.69, 9.17) is 10.5 Å². The van der Waals surface area contributed by atoms with Gasteiger partial charge in [0.2, 0.25) is 0 Å². The number of hydrogen-bond acceptors (Lipinski definition) is 2. The molecular weight excluding hydrogens is 198 g/mol. The standard InChI is InChI=1S/C14H21NO/c1-3-11-9-14(15,10-11)12-5-7-13(8-6-12)16-4-2/h5-8,11H,3-4,9-10,15H2,1-2H3. The van der Waals surface area contributed by atoms with E-state index < -0.39 is 0 Å². The zero-order valence-electron chi connectivity index (χ0n) is 10.2. The van der Waals surface area contributed by atoms with E-state index in [0.717, 1.165) is 24.5 Å². The van der Waals surface area contributed by atoms with Crippen molar-refractivity contribution in [1.29, 1.82) is 0 Å². The van der Waals surface area contributed by atoms with E-state index in [1.165, 1.54) is 12.0 Å². The Labute approximate surface area is 97.8 Å². The molecule has 0 atom stereocenters. The average Bonchev–Trinajstić information content (AvgIpc) is 2.26. The van der Waals surface area contributed by atoms with Crippen LogP contribution in [0.25, 0.3) is 0 Å². The number of nitrogens with two attached hydrogens (primary N) is 1. The fourth-order valence-electron chi connectivity index (χ4n) is 2.54. The maximum atomic E-state index is 6.37. The molecule has 1 aromatic rings. The van der Waals surface area contributed by atoms with Gasteiger partial charge < -0.3 is 10.5 Å². The lowest BCUT2D eigenvalue weighted by Crippen LogP contribution is -2.48. The first-order valence-corrected chi connectivity index (χ1v) is 6.20. The topological polar surface area (TPSA) is 35.2 Å². The largest absolute Gasteiger partial charge is 0.494 e. The first-order valence-electron chi connectivity index (χ1n) is 6.20. The van der Waals surface area contributed by atoms with Gasteiger partial charge in [0.1, 0.15) is 5.75 Å². The van der Waals surface area contributed by atoms with Gasteiger partial charge in [0, 0.05) is 5.54 Å². The van der Waals surface area contributed by atoms with Crippen molar-refractivity contribution < 1.29 is 4.74 Å². The highest BCUT2D eigenvalue weighted by Gasteiger charge is 2.40. The molecule has 0 aliphatic heterocycles. The Morgan fingerprint density at radius 2 is 1.88 bits per heavy atom. The summed E-state index contributed by atoms with van der Waals surface area (Å²) in [5, 5.41) is 0. The highest BCUT2D eigenvalue weighted by atomic mass is 16.5. The van der Waals surface area contributed by atoms with Gasteiger partial charge in [0.25, 0.3) is 0 Å². The van der Waals surface area contributed by atoms with E-state index >= 15 is 0 Å². The summed E-state index contributed by atoms with van der Waals surface area (Å²) in [4.78, 5) is 0. The summed E-state index contributed by atoms with van der Waals surface area (Å²) in [7, 11) is 0. The van der Waals surface area contributed by atoms with Crippen LogP contribution in [0.5, 0.6) is 5.75 Å². The third-order valence-corrected chi connectivity index (χ3v) is 3.62. The van der Waals surface area contributed by atoms with Crippen LogP contribution in [0.3, 0.4) is 0 Å². The summed E-state index contributed by atoms with van der Waals surface area (Å²) in [6.07, 6.45) is 3.49. The van der Waals surface area contributed by atoms with Crippen molar-refractivity contribution in [2.75, 3.05) is 6.61 Å². The second kappa shape index (κ2) is 4.46. The number of rotatable bonds is 4. The minimum atomic E-state index is -0.0780. The Morgan fingerprint density at radius 1 is 1.25 bits per heavy atom. The van der Waals surface area contributed by atoms with Gasteiger partial charge in [-0.05, 0) is 43.4 Å². The van der Waals surface area contributed by atoms with E-state index in [9.17, 15) is 0 Å². The fraction of sp³-hybridized carbons (Fsp3) is 0.571. The van der Waals surface area contributed by atoms with Crippen LogP contribution in [-0.4, -0.2) is 6.61 Å². The minimum absolute atomic E-state index is 0.0780. The minimum Gasteiger partial charge on any atom is -0.494 e. The first kappa shape index (κ1) is 11.5. The van der Waals surface area contributed by atoms with E-state index in [1.54, 1.807) is 0 Å². The molecule has 0 bridgehead atoms. The quantitative estimate of drug-likeness (QED) is 0.844. The smallest absolute Gasteiger partial charge is 0.119 e. The number of benzene rings is 1. The predicted octanol–water partition coefficient (Wildman–Crippen LogP) is 3.06. The Kier molecular flexibility index (Phi) is 3.20. The van der Waals surface area contributed by atoms with Crippen LogP contribution in [0.4, 0.5) is 0 Å². The van der Waals surface area contributed by atoms with E-state index in [-0.39, 0.29) is 5.54 Å². The number of ether oxygens (including phenoxy) is 1. The normalized spacial score (nSPS) is 28.6. The van der Waals surface area contributed by atoms with Crippen molar-refractivity contribution in [3.8, 4) is 5.75 Å². The molecule has 2 heteroatoms. The molecule has 1 fully saturated rings. The summed E-state index contributed by atoms with van der Waals surface area (Å²) in [6, 6.07) is 8.26. The summed E-state index contributed by atoms with van der Waals surface area (Å²) >= 11 is 0. The van der Waals surface area contributed by atoms with Gasteiger partial charge in [0.15, 0.2) is 0 Å². The molecule has 1 aliphatic rings. The Morgan fingerprint density at radius 3 is 2.38 bits per heavy atom. The molecule has 88 valence electrons. The van der Waals surface area contributed by atoms with Crippen LogP contribution in [-0.2, 0) is 5.54 Å². The van der Waals surface area contributed by atoms with Gasteiger partial charge in [-0.25, -0.2) is 0 Å². The Hall–Kier alpha value is -1.02. The summed E-state index contributed by atoms with van der Waals surface area (Å²) in [5.74, 6) is 1.75. The lowest BCUT2D eigenvalue weighted by atomic mass is 9.64. The zero-order chi connectivity index (χ0) is 11.6. The summed E-state index contributed by atoms with van der Waals surface area (Å²) in [6.45, 7) is 4.95. The molecule has 0 saturated heterocycles. The predicted molar refractivity (Wildman–Crippen MR) is 66.5 cm³/mol. The van der Waals surface area contributed by atoms with Crippen LogP contribution in [0.15, 0.2) is 24.3 Å². The van der Waals surface area contributed by atoms with Gasteiger partial charge >= 0.3 is 0 Å². The second-order valence-corrected chi connectivity index (χ2v) is 4.80. The molecule has 0 heterocycles.